The van der Waals surface area contributed by atoms with E-state index < -0.39 is 0 Å². The van der Waals surface area contributed by atoms with Crippen molar-refractivity contribution in [3.8, 4) is 16.9 Å². The van der Waals surface area contributed by atoms with Crippen LogP contribution in [-0.2, 0) is 0 Å². The molecule has 1 N–H and O–H groups in total. The molecule has 0 unspecified atom stereocenters. The van der Waals surface area contributed by atoms with Crippen molar-refractivity contribution in [1.29, 1.82) is 0 Å². The highest BCUT2D eigenvalue weighted by Crippen LogP contribution is 2.39. The largest absolute Gasteiger partial charge is 0.508 e. The van der Waals surface area contributed by atoms with E-state index in [2.05, 4.69) is 13.8 Å². The summed E-state index contributed by atoms with van der Waals surface area (Å²) in [6.07, 6.45) is 0. The molecule has 0 aromatic heterocycles. The lowest BCUT2D eigenvalue weighted by Gasteiger charge is -2.23. The molecule has 0 atom stereocenters. The minimum atomic E-state index is 0.0660. The lowest BCUT2D eigenvalue weighted by Crippen LogP contribution is -2.15. The van der Waals surface area contributed by atoms with Gasteiger partial charge in [0.2, 0.25) is 0 Å². The Morgan fingerprint density at radius 3 is 2.00 bits per heavy atom. The van der Waals surface area contributed by atoms with Gasteiger partial charge in [-0.3, -0.25) is 4.79 Å². The molecule has 1 aliphatic rings. The number of ketones is 1. The fourth-order valence-corrected chi connectivity index (χ4v) is 3.51. The normalized spacial score (nSPS) is 12.6. The SMILES string of the molecule is CC(C)=C1c2ccccc2C(=O)c2cc(-c3ccc(O)cc3)ccc21. The fourth-order valence-electron chi connectivity index (χ4n) is 3.51. The van der Waals surface area contributed by atoms with E-state index in [1.807, 2.05) is 54.6 Å². The summed E-state index contributed by atoms with van der Waals surface area (Å²) in [5.74, 6) is 0.301. The van der Waals surface area contributed by atoms with E-state index in [1.54, 1.807) is 12.1 Å². The number of rotatable bonds is 1. The number of hydrogen-bond acceptors (Lipinski definition) is 2. The molecule has 0 saturated heterocycles. The highest BCUT2D eigenvalue weighted by Gasteiger charge is 2.27. The monoisotopic (exact) mass is 326 g/mol. The highest BCUT2D eigenvalue weighted by molar-refractivity contribution is 6.19. The maximum atomic E-state index is 13.1. The molecule has 25 heavy (non-hydrogen) atoms. The number of hydrogen-bond donors (Lipinski definition) is 1. The Morgan fingerprint density at radius 1 is 0.720 bits per heavy atom. The molecule has 0 aliphatic heterocycles. The smallest absolute Gasteiger partial charge is 0.194 e. The summed E-state index contributed by atoms with van der Waals surface area (Å²) in [7, 11) is 0. The number of carbonyl (C=O) groups excluding carboxylic acids is 1. The summed E-state index contributed by atoms with van der Waals surface area (Å²) in [5.41, 5.74) is 7.78. The van der Waals surface area contributed by atoms with Crippen molar-refractivity contribution < 1.29 is 9.90 Å². The molecule has 2 nitrogen and oxygen atoms in total. The van der Waals surface area contributed by atoms with Crippen molar-refractivity contribution in [2.45, 2.75) is 13.8 Å². The third kappa shape index (κ3) is 2.47. The molecule has 0 heterocycles. The van der Waals surface area contributed by atoms with Gasteiger partial charge in [0.25, 0.3) is 0 Å². The second kappa shape index (κ2) is 5.75. The Bertz CT molecular complexity index is 1020. The van der Waals surface area contributed by atoms with Gasteiger partial charge in [-0.15, -0.1) is 0 Å². The van der Waals surface area contributed by atoms with E-state index in [1.165, 1.54) is 5.57 Å². The van der Waals surface area contributed by atoms with Crippen LogP contribution in [0.4, 0.5) is 0 Å². The van der Waals surface area contributed by atoms with Crippen molar-refractivity contribution >= 4 is 11.4 Å². The lowest BCUT2D eigenvalue weighted by atomic mass is 9.79. The van der Waals surface area contributed by atoms with Gasteiger partial charge >= 0.3 is 0 Å². The van der Waals surface area contributed by atoms with Gasteiger partial charge in [-0.25, -0.2) is 0 Å². The van der Waals surface area contributed by atoms with Crippen LogP contribution in [0.2, 0.25) is 0 Å². The van der Waals surface area contributed by atoms with E-state index in [0.29, 0.717) is 0 Å². The second-order valence-electron chi connectivity index (χ2n) is 6.56. The topological polar surface area (TPSA) is 37.3 Å². The molecular weight excluding hydrogens is 308 g/mol. The zero-order chi connectivity index (χ0) is 17.6. The molecule has 0 spiro atoms. The van der Waals surface area contributed by atoms with Gasteiger partial charge in [0.05, 0.1) is 0 Å². The molecule has 122 valence electrons. The van der Waals surface area contributed by atoms with Crippen LogP contribution in [0, 0.1) is 0 Å². The van der Waals surface area contributed by atoms with E-state index in [0.717, 1.165) is 39.0 Å². The quantitative estimate of drug-likeness (QED) is 0.505. The third-order valence-electron chi connectivity index (χ3n) is 4.68. The summed E-state index contributed by atoms with van der Waals surface area (Å²) in [6.45, 7) is 4.17. The van der Waals surface area contributed by atoms with Gasteiger partial charge in [-0.2, -0.15) is 0 Å². The number of aromatic hydroxyl groups is 1. The summed E-state index contributed by atoms with van der Waals surface area (Å²) >= 11 is 0. The van der Waals surface area contributed by atoms with Crippen molar-refractivity contribution in [3.63, 3.8) is 0 Å². The van der Waals surface area contributed by atoms with Gasteiger partial charge in [0, 0.05) is 11.1 Å². The first kappa shape index (κ1) is 15.4. The Kier molecular flexibility index (Phi) is 3.54. The average Bonchev–Trinajstić information content (AvgIpc) is 2.62. The minimum Gasteiger partial charge on any atom is -0.508 e. The summed E-state index contributed by atoms with van der Waals surface area (Å²) in [6, 6.07) is 20.9. The number of fused-ring (bicyclic) bond motifs is 2. The van der Waals surface area contributed by atoms with E-state index >= 15 is 0 Å². The van der Waals surface area contributed by atoms with Crippen molar-refractivity contribution in [2.24, 2.45) is 0 Å². The van der Waals surface area contributed by atoms with Crippen LogP contribution in [0.3, 0.4) is 0 Å². The zero-order valence-electron chi connectivity index (χ0n) is 14.2. The third-order valence-corrected chi connectivity index (χ3v) is 4.68. The predicted octanol–water partition coefficient (Wildman–Crippen LogP) is 5.45. The Hall–Kier alpha value is -3.13. The van der Waals surface area contributed by atoms with Gasteiger partial charge in [0.1, 0.15) is 5.75 Å². The molecule has 3 aromatic rings. The van der Waals surface area contributed by atoms with Gasteiger partial charge < -0.3 is 5.11 Å². The summed E-state index contributed by atoms with van der Waals surface area (Å²) in [5, 5.41) is 9.48. The molecule has 3 aromatic carbocycles. The van der Waals surface area contributed by atoms with Crippen molar-refractivity contribution in [1.82, 2.24) is 0 Å². The molecule has 0 radical (unpaired) electrons. The molecule has 0 saturated carbocycles. The fraction of sp³-hybridized carbons (Fsp3) is 0.0870. The molecule has 1 aliphatic carbocycles. The number of carbonyl (C=O) groups is 1. The van der Waals surface area contributed by atoms with Crippen LogP contribution < -0.4 is 0 Å². The standard InChI is InChI=1S/C23H18O2/c1-14(2)22-18-5-3-4-6-20(18)23(25)21-13-16(9-12-19(21)22)15-7-10-17(24)11-8-15/h3-13,24H,1-2H3. The second-order valence-corrected chi connectivity index (χ2v) is 6.56. The number of phenols is 1. The van der Waals surface area contributed by atoms with Crippen LogP contribution in [0.1, 0.15) is 40.9 Å². The van der Waals surface area contributed by atoms with Crippen LogP contribution in [0.5, 0.6) is 5.75 Å². The van der Waals surface area contributed by atoms with Gasteiger partial charge in [0.15, 0.2) is 5.78 Å². The van der Waals surface area contributed by atoms with Crippen molar-refractivity contribution in [3.05, 3.63) is 94.6 Å². The molecule has 2 heteroatoms. The van der Waals surface area contributed by atoms with E-state index in [9.17, 15) is 9.90 Å². The van der Waals surface area contributed by atoms with Crippen LogP contribution >= 0.6 is 0 Å². The molecular formula is C23H18O2. The number of benzene rings is 3. The van der Waals surface area contributed by atoms with Crippen LogP contribution in [0.25, 0.3) is 16.7 Å². The summed E-state index contributed by atoms with van der Waals surface area (Å²) in [4.78, 5) is 13.1. The van der Waals surface area contributed by atoms with E-state index in [-0.39, 0.29) is 11.5 Å². The summed E-state index contributed by atoms with van der Waals surface area (Å²) < 4.78 is 0. The predicted molar refractivity (Wildman–Crippen MR) is 101 cm³/mol. The first-order valence-corrected chi connectivity index (χ1v) is 8.31. The Morgan fingerprint density at radius 2 is 1.32 bits per heavy atom. The van der Waals surface area contributed by atoms with Crippen molar-refractivity contribution in [2.75, 3.05) is 0 Å². The van der Waals surface area contributed by atoms with E-state index in [4.69, 9.17) is 0 Å². The first-order chi connectivity index (χ1) is 12.1. The van der Waals surface area contributed by atoms with Gasteiger partial charge in [-0.1, -0.05) is 54.1 Å². The average molecular weight is 326 g/mol. The van der Waals surface area contributed by atoms with Crippen LogP contribution in [0.15, 0.2) is 72.3 Å². The first-order valence-electron chi connectivity index (χ1n) is 8.31. The maximum Gasteiger partial charge on any atom is 0.194 e. The number of phenolic OH excluding ortho intramolecular Hbond substituents is 1. The Labute approximate surface area is 147 Å². The molecule has 0 amide bonds. The number of allylic oxidation sites excluding steroid dienone is 1. The zero-order valence-corrected chi connectivity index (χ0v) is 14.2. The molecule has 4 rings (SSSR count). The lowest BCUT2D eigenvalue weighted by molar-refractivity contribution is 0.103. The minimum absolute atomic E-state index is 0.0660. The molecule has 0 bridgehead atoms. The maximum absolute atomic E-state index is 13.1. The Balaban J connectivity index is 1.94. The van der Waals surface area contributed by atoms with Gasteiger partial charge in [-0.05, 0) is 59.9 Å². The highest BCUT2D eigenvalue weighted by atomic mass is 16.3. The van der Waals surface area contributed by atoms with Crippen LogP contribution in [-0.4, -0.2) is 10.9 Å². The molecule has 0 fully saturated rings.